The van der Waals surface area contributed by atoms with Gasteiger partial charge in [0.05, 0.1) is 11.3 Å². The van der Waals surface area contributed by atoms with Gasteiger partial charge >= 0.3 is 11.9 Å². The van der Waals surface area contributed by atoms with Gasteiger partial charge in [-0.1, -0.05) is 11.6 Å². The van der Waals surface area contributed by atoms with E-state index in [0.29, 0.717) is 23.7 Å². The zero-order chi connectivity index (χ0) is 17.9. The molecular weight excluding hydrogens is 334 g/mol. The zero-order valence-electron chi connectivity index (χ0n) is 13.9. The molecule has 7 heteroatoms. The van der Waals surface area contributed by atoms with Gasteiger partial charge in [0.15, 0.2) is 6.61 Å². The van der Waals surface area contributed by atoms with Gasteiger partial charge in [0.25, 0.3) is 0 Å². The summed E-state index contributed by atoms with van der Waals surface area (Å²) in [4.78, 5) is 37.4. The van der Waals surface area contributed by atoms with E-state index in [-0.39, 0.29) is 11.5 Å². The van der Waals surface area contributed by atoms with Gasteiger partial charge < -0.3 is 14.4 Å². The third-order valence-corrected chi connectivity index (χ3v) is 3.52. The summed E-state index contributed by atoms with van der Waals surface area (Å²) in [6, 6.07) is 4.57. The average molecular weight is 354 g/mol. The van der Waals surface area contributed by atoms with Gasteiger partial charge in [-0.05, 0) is 45.4 Å². The highest BCUT2D eigenvalue weighted by atomic mass is 35.5. The van der Waals surface area contributed by atoms with Gasteiger partial charge in [0, 0.05) is 18.0 Å². The summed E-state index contributed by atoms with van der Waals surface area (Å²) in [5, 5.41) is 0.411. The molecule has 0 bridgehead atoms. The van der Waals surface area contributed by atoms with E-state index >= 15 is 0 Å². The molecule has 0 saturated carbocycles. The Kier molecular flexibility index (Phi) is 5.49. The van der Waals surface area contributed by atoms with Crippen LogP contribution >= 0.6 is 11.6 Å². The van der Waals surface area contributed by atoms with Crippen molar-refractivity contribution in [2.45, 2.75) is 39.2 Å². The number of nitrogens with zero attached hydrogens (tertiary/aromatic N) is 1. The predicted octanol–water partition coefficient (Wildman–Crippen LogP) is 2.97. The summed E-state index contributed by atoms with van der Waals surface area (Å²) in [7, 11) is 0. The minimum Gasteiger partial charge on any atom is -0.457 e. The van der Waals surface area contributed by atoms with E-state index in [1.807, 2.05) is 0 Å². The monoisotopic (exact) mass is 353 g/mol. The molecule has 1 amide bonds. The van der Waals surface area contributed by atoms with E-state index in [1.165, 1.54) is 17.0 Å². The summed E-state index contributed by atoms with van der Waals surface area (Å²) >= 11 is 5.98. The molecule has 0 atom stereocenters. The molecule has 1 heterocycles. The minimum atomic E-state index is -0.702. The molecule has 0 aliphatic carbocycles. The highest BCUT2D eigenvalue weighted by Gasteiger charge is 2.27. The van der Waals surface area contributed by atoms with Crippen molar-refractivity contribution in [3.05, 3.63) is 28.8 Å². The zero-order valence-corrected chi connectivity index (χ0v) is 14.7. The lowest BCUT2D eigenvalue weighted by atomic mass is 10.1. The summed E-state index contributed by atoms with van der Waals surface area (Å²) in [5.74, 6) is -1.41. The minimum absolute atomic E-state index is 0.0709. The maximum atomic E-state index is 12.3. The van der Waals surface area contributed by atoms with Crippen LogP contribution in [0.3, 0.4) is 0 Å². The molecule has 0 spiro atoms. The number of carbonyl (C=O) groups excluding carboxylic acids is 3. The predicted molar refractivity (Wildman–Crippen MR) is 89.2 cm³/mol. The molecule has 1 aromatic carbocycles. The van der Waals surface area contributed by atoms with E-state index < -0.39 is 24.1 Å². The molecule has 24 heavy (non-hydrogen) atoms. The normalized spacial score (nSPS) is 14.7. The standard InChI is InChI=1S/C17H20ClNO5/c1-17(2,3)24-15(21)10-23-16(22)12-7-6-11(18)9-13(12)19-8-4-5-14(19)20/h6-7,9H,4-5,8,10H2,1-3H3. The molecule has 0 N–H and O–H groups in total. The SMILES string of the molecule is CC(C)(C)OC(=O)COC(=O)c1ccc(Cl)cc1N1CCCC1=O. The Morgan fingerprint density at radius 1 is 1.29 bits per heavy atom. The van der Waals surface area contributed by atoms with Crippen LogP contribution in [-0.4, -0.2) is 36.6 Å². The third kappa shape index (κ3) is 4.71. The van der Waals surface area contributed by atoms with Crippen LogP contribution in [0, 0.1) is 0 Å². The highest BCUT2D eigenvalue weighted by molar-refractivity contribution is 6.31. The fraction of sp³-hybridized carbons (Fsp3) is 0.471. The van der Waals surface area contributed by atoms with Gasteiger partial charge in [-0.15, -0.1) is 0 Å². The second kappa shape index (κ2) is 7.21. The summed E-state index contributed by atoms with van der Waals surface area (Å²) in [6.45, 7) is 5.20. The van der Waals surface area contributed by atoms with Crippen molar-refractivity contribution in [3.8, 4) is 0 Å². The van der Waals surface area contributed by atoms with Crippen LogP contribution in [-0.2, 0) is 19.1 Å². The van der Waals surface area contributed by atoms with Crippen LogP contribution in [0.4, 0.5) is 5.69 Å². The lowest BCUT2D eigenvalue weighted by Crippen LogP contribution is -2.28. The van der Waals surface area contributed by atoms with Crippen LogP contribution < -0.4 is 4.90 Å². The maximum absolute atomic E-state index is 12.3. The van der Waals surface area contributed by atoms with Crippen LogP contribution in [0.2, 0.25) is 5.02 Å². The quantitative estimate of drug-likeness (QED) is 0.778. The van der Waals surface area contributed by atoms with Gasteiger partial charge in [0.1, 0.15) is 5.60 Å². The topological polar surface area (TPSA) is 72.9 Å². The number of hydrogen-bond acceptors (Lipinski definition) is 5. The Bertz CT molecular complexity index is 665. The first-order chi connectivity index (χ1) is 11.2. The number of anilines is 1. The van der Waals surface area contributed by atoms with E-state index in [2.05, 4.69) is 0 Å². The van der Waals surface area contributed by atoms with Gasteiger partial charge in [-0.3, -0.25) is 4.79 Å². The number of halogens is 1. The molecule has 1 aliphatic rings. The second-order valence-electron chi connectivity index (χ2n) is 6.47. The van der Waals surface area contributed by atoms with Gasteiger partial charge in [-0.25, -0.2) is 9.59 Å². The first-order valence-corrected chi connectivity index (χ1v) is 8.04. The Hall–Kier alpha value is -2.08. The molecule has 1 aliphatic heterocycles. The number of rotatable bonds is 4. The Labute approximate surface area is 145 Å². The van der Waals surface area contributed by atoms with Crippen molar-refractivity contribution in [1.82, 2.24) is 0 Å². The molecular formula is C17H20ClNO5. The smallest absolute Gasteiger partial charge is 0.344 e. The first kappa shape index (κ1) is 18.3. The van der Waals surface area contributed by atoms with Crippen molar-refractivity contribution in [1.29, 1.82) is 0 Å². The van der Waals surface area contributed by atoms with Crippen molar-refractivity contribution in [2.24, 2.45) is 0 Å². The second-order valence-corrected chi connectivity index (χ2v) is 6.91. The molecule has 1 fully saturated rings. The van der Waals surface area contributed by atoms with Crippen LogP contribution in [0.15, 0.2) is 18.2 Å². The molecule has 0 aromatic heterocycles. The molecule has 2 rings (SSSR count). The number of ether oxygens (including phenoxy) is 2. The fourth-order valence-corrected chi connectivity index (χ4v) is 2.54. The van der Waals surface area contributed by atoms with E-state index in [1.54, 1.807) is 26.8 Å². The highest BCUT2D eigenvalue weighted by Crippen LogP contribution is 2.29. The number of esters is 2. The van der Waals surface area contributed by atoms with E-state index in [9.17, 15) is 14.4 Å². The van der Waals surface area contributed by atoms with Crippen molar-refractivity contribution < 1.29 is 23.9 Å². The van der Waals surface area contributed by atoms with Gasteiger partial charge in [-0.2, -0.15) is 0 Å². The Morgan fingerprint density at radius 2 is 2.00 bits per heavy atom. The average Bonchev–Trinajstić information content (AvgIpc) is 2.89. The third-order valence-electron chi connectivity index (χ3n) is 3.29. The summed E-state index contributed by atoms with van der Waals surface area (Å²) in [6.07, 6.45) is 1.15. The van der Waals surface area contributed by atoms with Crippen LogP contribution in [0.1, 0.15) is 44.0 Å². The molecule has 1 aromatic rings. The largest absolute Gasteiger partial charge is 0.457 e. The fourth-order valence-electron chi connectivity index (χ4n) is 2.38. The van der Waals surface area contributed by atoms with Crippen LogP contribution in [0.5, 0.6) is 0 Å². The number of benzene rings is 1. The molecule has 6 nitrogen and oxygen atoms in total. The van der Waals surface area contributed by atoms with Crippen LogP contribution in [0.25, 0.3) is 0 Å². The molecule has 0 unspecified atom stereocenters. The Balaban J connectivity index is 2.12. The molecule has 130 valence electrons. The maximum Gasteiger partial charge on any atom is 0.344 e. The van der Waals surface area contributed by atoms with E-state index in [4.69, 9.17) is 21.1 Å². The summed E-state index contributed by atoms with van der Waals surface area (Å²) < 4.78 is 10.1. The van der Waals surface area contributed by atoms with Gasteiger partial charge in [0.2, 0.25) is 5.91 Å². The number of carbonyl (C=O) groups is 3. The van der Waals surface area contributed by atoms with E-state index in [0.717, 1.165) is 6.42 Å². The Morgan fingerprint density at radius 3 is 2.58 bits per heavy atom. The number of amides is 1. The number of hydrogen-bond donors (Lipinski definition) is 0. The summed E-state index contributed by atoms with van der Waals surface area (Å²) in [5.41, 5.74) is -0.0610. The molecule has 0 radical (unpaired) electrons. The van der Waals surface area contributed by atoms with Crippen molar-refractivity contribution in [3.63, 3.8) is 0 Å². The first-order valence-electron chi connectivity index (χ1n) is 7.66. The van der Waals surface area contributed by atoms with Crippen molar-refractivity contribution >= 4 is 35.1 Å². The van der Waals surface area contributed by atoms with Crippen molar-refractivity contribution in [2.75, 3.05) is 18.1 Å². The molecule has 1 saturated heterocycles. The lowest BCUT2D eigenvalue weighted by Gasteiger charge is -2.20. The lowest BCUT2D eigenvalue weighted by molar-refractivity contribution is -0.158.